The first-order valence-electron chi connectivity index (χ1n) is 6.33. The summed E-state index contributed by atoms with van der Waals surface area (Å²) in [4.78, 5) is -0.221. The van der Waals surface area contributed by atoms with Gasteiger partial charge in [0.2, 0.25) is 0 Å². The topological polar surface area (TPSA) is 74.0 Å². The molecule has 0 aliphatic heterocycles. The van der Waals surface area contributed by atoms with Gasteiger partial charge in [-0.15, -0.1) is 0 Å². The lowest BCUT2D eigenvalue weighted by Gasteiger charge is -2.07. The van der Waals surface area contributed by atoms with Crippen LogP contribution in [0.2, 0.25) is 0 Å². The first-order chi connectivity index (χ1) is 10.0. The highest BCUT2D eigenvalue weighted by atomic mass is 32.2. The Morgan fingerprint density at radius 2 is 1.86 bits per heavy atom. The molecule has 21 heavy (non-hydrogen) atoms. The SMILES string of the molecule is O=S(=O)([O-])c1cccc(C[n+]2ccc3ccccc3n2)c1. The normalized spacial score (nSPS) is 11.7. The van der Waals surface area contributed by atoms with E-state index in [0.717, 1.165) is 10.9 Å². The van der Waals surface area contributed by atoms with E-state index in [1.807, 2.05) is 36.5 Å². The summed E-state index contributed by atoms with van der Waals surface area (Å²) in [5, 5.41) is 5.48. The molecule has 0 aliphatic carbocycles. The summed E-state index contributed by atoms with van der Waals surface area (Å²) in [5.74, 6) is 0. The zero-order valence-corrected chi connectivity index (χ0v) is 11.8. The molecular formula is C15H12N2O3S. The van der Waals surface area contributed by atoms with Gasteiger partial charge in [0.15, 0.2) is 12.7 Å². The molecule has 3 aromatic rings. The van der Waals surface area contributed by atoms with E-state index in [-0.39, 0.29) is 4.90 Å². The molecule has 3 rings (SSSR count). The van der Waals surface area contributed by atoms with E-state index in [2.05, 4.69) is 5.10 Å². The van der Waals surface area contributed by atoms with Crippen LogP contribution in [0, 0.1) is 0 Å². The second kappa shape index (κ2) is 5.23. The van der Waals surface area contributed by atoms with Gasteiger partial charge in [-0.3, -0.25) is 0 Å². The molecule has 0 spiro atoms. The summed E-state index contributed by atoms with van der Waals surface area (Å²) in [5.41, 5.74) is 1.56. The van der Waals surface area contributed by atoms with Crippen LogP contribution in [0.3, 0.4) is 0 Å². The first kappa shape index (κ1) is 13.7. The van der Waals surface area contributed by atoms with Crippen molar-refractivity contribution in [2.24, 2.45) is 0 Å². The summed E-state index contributed by atoms with van der Waals surface area (Å²) < 4.78 is 34.8. The third kappa shape index (κ3) is 3.07. The molecule has 0 bridgehead atoms. The Morgan fingerprint density at radius 1 is 1.05 bits per heavy atom. The molecule has 106 valence electrons. The van der Waals surface area contributed by atoms with Crippen molar-refractivity contribution >= 4 is 21.0 Å². The van der Waals surface area contributed by atoms with Gasteiger partial charge in [0.1, 0.15) is 15.6 Å². The Kier molecular flexibility index (Phi) is 3.40. The van der Waals surface area contributed by atoms with E-state index < -0.39 is 10.1 Å². The zero-order valence-electron chi connectivity index (χ0n) is 11.0. The highest BCUT2D eigenvalue weighted by molar-refractivity contribution is 7.85. The van der Waals surface area contributed by atoms with Crippen LogP contribution in [0.25, 0.3) is 10.9 Å². The standard InChI is InChI=1S/C15H12N2O3S/c18-21(19,20)14-6-3-4-12(10-14)11-17-9-8-13-5-1-2-7-15(13)16-17/h1-10H,11H2. The van der Waals surface area contributed by atoms with Gasteiger partial charge in [0.25, 0.3) is 0 Å². The zero-order chi connectivity index (χ0) is 14.9. The van der Waals surface area contributed by atoms with E-state index in [1.54, 1.807) is 16.8 Å². The molecule has 0 amide bonds. The number of benzene rings is 2. The predicted molar refractivity (Wildman–Crippen MR) is 75.4 cm³/mol. The van der Waals surface area contributed by atoms with E-state index in [4.69, 9.17) is 0 Å². The molecule has 0 aliphatic rings. The molecular weight excluding hydrogens is 288 g/mol. The van der Waals surface area contributed by atoms with Gasteiger partial charge in [-0.05, 0) is 18.2 Å². The van der Waals surface area contributed by atoms with E-state index in [1.165, 1.54) is 12.1 Å². The maximum absolute atomic E-state index is 11.0. The average molecular weight is 300 g/mol. The van der Waals surface area contributed by atoms with Crippen molar-refractivity contribution in [2.45, 2.75) is 11.4 Å². The molecule has 0 unspecified atom stereocenters. The van der Waals surface area contributed by atoms with E-state index >= 15 is 0 Å². The van der Waals surface area contributed by atoms with Crippen molar-refractivity contribution < 1.29 is 17.7 Å². The van der Waals surface area contributed by atoms with Gasteiger partial charge < -0.3 is 4.55 Å². The Balaban J connectivity index is 1.95. The number of fused-ring (bicyclic) bond motifs is 1. The second-order valence-corrected chi connectivity index (χ2v) is 6.05. The third-order valence-electron chi connectivity index (χ3n) is 3.13. The predicted octanol–water partition coefficient (Wildman–Crippen LogP) is 1.47. The Morgan fingerprint density at radius 3 is 2.67 bits per heavy atom. The molecule has 2 aromatic carbocycles. The average Bonchev–Trinajstić information content (AvgIpc) is 2.46. The van der Waals surface area contributed by atoms with Gasteiger partial charge in [-0.25, -0.2) is 8.42 Å². The molecule has 1 heterocycles. The van der Waals surface area contributed by atoms with Crippen LogP contribution in [-0.2, 0) is 16.7 Å². The molecule has 5 nitrogen and oxygen atoms in total. The minimum Gasteiger partial charge on any atom is -0.744 e. The van der Waals surface area contributed by atoms with Crippen molar-refractivity contribution in [2.75, 3.05) is 0 Å². The number of hydrogen-bond acceptors (Lipinski definition) is 4. The van der Waals surface area contributed by atoms with Crippen LogP contribution >= 0.6 is 0 Å². The Labute approximate surface area is 122 Å². The minimum absolute atomic E-state index is 0.221. The highest BCUT2D eigenvalue weighted by Crippen LogP contribution is 2.11. The molecule has 1 aromatic heterocycles. The maximum atomic E-state index is 11.0. The minimum atomic E-state index is -4.43. The summed E-state index contributed by atoms with van der Waals surface area (Å²) >= 11 is 0. The van der Waals surface area contributed by atoms with Crippen LogP contribution in [0.4, 0.5) is 0 Å². The van der Waals surface area contributed by atoms with Crippen molar-refractivity contribution in [3.63, 3.8) is 0 Å². The summed E-state index contributed by atoms with van der Waals surface area (Å²) in [6, 6.07) is 15.7. The molecule has 0 fully saturated rings. The summed E-state index contributed by atoms with van der Waals surface area (Å²) in [6.45, 7) is 0.397. The lowest BCUT2D eigenvalue weighted by atomic mass is 10.2. The lowest BCUT2D eigenvalue weighted by Crippen LogP contribution is -2.37. The van der Waals surface area contributed by atoms with Crippen LogP contribution in [0.5, 0.6) is 0 Å². The van der Waals surface area contributed by atoms with E-state index in [0.29, 0.717) is 12.1 Å². The third-order valence-corrected chi connectivity index (χ3v) is 3.96. The first-order valence-corrected chi connectivity index (χ1v) is 7.73. The van der Waals surface area contributed by atoms with Crippen molar-refractivity contribution in [1.29, 1.82) is 0 Å². The van der Waals surface area contributed by atoms with Crippen LogP contribution < -0.4 is 4.68 Å². The number of aromatic nitrogens is 2. The van der Waals surface area contributed by atoms with Gasteiger partial charge in [-0.2, -0.15) is 0 Å². The van der Waals surface area contributed by atoms with Crippen LogP contribution in [-0.4, -0.2) is 18.1 Å². The summed E-state index contributed by atoms with van der Waals surface area (Å²) in [6.07, 6.45) is 1.82. The molecule has 6 heteroatoms. The number of rotatable bonds is 3. The maximum Gasteiger partial charge on any atom is 0.199 e. The molecule has 0 saturated heterocycles. The van der Waals surface area contributed by atoms with Crippen molar-refractivity contribution in [1.82, 2.24) is 5.10 Å². The monoisotopic (exact) mass is 300 g/mol. The Bertz CT molecular complexity index is 907. The number of hydrogen-bond donors (Lipinski definition) is 0. The molecule has 0 N–H and O–H groups in total. The lowest BCUT2D eigenvalue weighted by molar-refractivity contribution is -0.743. The fraction of sp³-hybridized carbons (Fsp3) is 0.0667. The fourth-order valence-corrected chi connectivity index (χ4v) is 2.67. The van der Waals surface area contributed by atoms with Crippen molar-refractivity contribution in [3.8, 4) is 0 Å². The van der Waals surface area contributed by atoms with Gasteiger partial charge in [0, 0.05) is 22.1 Å². The quantitative estimate of drug-likeness (QED) is 0.542. The van der Waals surface area contributed by atoms with Crippen LogP contribution in [0.15, 0.2) is 65.7 Å². The fourth-order valence-electron chi connectivity index (χ4n) is 2.13. The van der Waals surface area contributed by atoms with Gasteiger partial charge in [0.05, 0.1) is 4.90 Å². The Hall–Kier alpha value is -2.31. The smallest absolute Gasteiger partial charge is 0.199 e. The molecule has 0 saturated carbocycles. The second-order valence-electron chi connectivity index (χ2n) is 4.67. The summed E-state index contributed by atoms with van der Waals surface area (Å²) in [7, 11) is -4.43. The largest absolute Gasteiger partial charge is 0.744 e. The molecule has 0 atom stereocenters. The number of nitrogens with zero attached hydrogens (tertiary/aromatic N) is 2. The highest BCUT2D eigenvalue weighted by Gasteiger charge is 2.09. The van der Waals surface area contributed by atoms with Gasteiger partial charge >= 0.3 is 0 Å². The van der Waals surface area contributed by atoms with Crippen LogP contribution in [0.1, 0.15) is 5.56 Å². The molecule has 0 radical (unpaired) electrons. The van der Waals surface area contributed by atoms with Crippen molar-refractivity contribution in [3.05, 3.63) is 66.4 Å². The van der Waals surface area contributed by atoms with Gasteiger partial charge in [-0.1, -0.05) is 35.0 Å². The van der Waals surface area contributed by atoms with E-state index in [9.17, 15) is 13.0 Å².